The first-order valence-electron chi connectivity index (χ1n) is 9.27. The monoisotopic (exact) mass is 395 g/mol. The third-order valence-electron chi connectivity index (χ3n) is 5.61. The molecule has 1 fully saturated rings. The molecule has 1 aromatic carbocycles. The van der Waals surface area contributed by atoms with Gasteiger partial charge in [0.05, 0.1) is 12.3 Å². The Morgan fingerprint density at radius 3 is 2.59 bits per heavy atom. The van der Waals surface area contributed by atoms with Crippen LogP contribution in [0.3, 0.4) is 0 Å². The molecule has 7 heteroatoms. The van der Waals surface area contributed by atoms with Crippen LogP contribution in [0.25, 0.3) is 0 Å². The molecule has 148 valence electrons. The minimum atomic E-state index is -4.26. The SMILES string of the molecule is CCOc1ccc(F)c(N2CCC(C3(S(=O)(=O)O)C=CC(C)=CC3)CC2)c1. The van der Waals surface area contributed by atoms with Gasteiger partial charge >= 0.3 is 0 Å². The molecule has 0 spiro atoms. The molecule has 1 aromatic rings. The Balaban J connectivity index is 1.79. The normalized spacial score (nSPS) is 24.0. The lowest BCUT2D eigenvalue weighted by Crippen LogP contribution is -2.49. The van der Waals surface area contributed by atoms with Crippen LogP contribution < -0.4 is 9.64 Å². The number of ether oxygens (including phenoxy) is 1. The van der Waals surface area contributed by atoms with Crippen LogP contribution in [0.1, 0.15) is 33.1 Å². The highest BCUT2D eigenvalue weighted by molar-refractivity contribution is 7.87. The van der Waals surface area contributed by atoms with Crippen molar-refractivity contribution in [1.82, 2.24) is 0 Å². The van der Waals surface area contributed by atoms with E-state index in [4.69, 9.17) is 4.74 Å². The lowest BCUT2D eigenvalue weighted by molar-refractivity contribution is 0.310. The van der Waals surface area contributed by atoms with Gasteiger partial charge in [-0.25, -0.2) is 4.39 Å². The highest BCUT2D eigenvalue weighted by Gasteiger charge is 2.48. The summed E-state index contributed by atoms with van der Waals surface area (Å²) in [5, 5.41) is 0. The van der Waals surface area contributed by atoms with Crippen LogP contribution in [-0.2, 0) is 10.1 Å². The number of nitrogens with zero attached hydrogens (tertiary/aromatic N) is 1. The molecule has 0 aromatic heterocycles. The van der Waals surface area contributed by atoms with Gasteiger partial charge in [0.15, 0.2) is 0 Å². The van der Waals surface area contributed by atoms with Crippen molar-refractivity contribution < 1.29 is 22.1 Å². The minimum Gasteiger partial charge on any atom is -0.494 e. The molecule has 1 saturated heterocycles. The number of hydrogen-bond donors (Lipinski definition) is 1. The number of benzene rings is 1. The van der Waals surface area contributed by atoms with E-state index in [1.54, 1.807) is 24.3 Å². The fourth-order valence-electron chi connectivity index (χ4n) is 4.03. The average Bonchev–Trinajstić information content (AvgIpc) is 2.63. The number of rotatable bonds is 5. The van der Waals surface area contributed by atoms with Crippen molar-refractivity contribution in [3.63, 3.8) is 0 Å². The number of allylic oxidation sites excluding steroid dienone is 3. The molecule has 2 aliphatic rings. The maximum Gasteiger partial charge on any atom is 0.274 e. The average molecular weight is 395 g/mol. The molecule has 5 nitrogen and oxygen atoms in total. The van der Waals surface area contributed by atoms with E-state index in [1.807, 2.05) is 24.8 Å². The van der Waals surface area contributed by atoms with Gasteiger partial charge in [0.25, 0.3) is 10.1 Å². The molecule has 1 atom stereocenters. The van der Waals surface area contributed by atoms with Crippen LogP contribution in [0.2, 0.25) is 0 Å². The van der Waals surface area contributed by atoms with E-state index < -0.39 is 14.9 Å². The van der Waals surface area contributed by atoms with Gasteiger partial charge in [0.2, 0.25) is 0 Å². The van der Waals surface area contributed by atoms with Gasteiger partial charge in [-0.05, 0) is 51.2 Å². The zero-order valence-corrected chi connectivity index (χ0v) is 16.5. The van der Waals surface area contributed by atoms with Crippen LogP contribution in [0.15, 0.2) is 42.0 Å². The van der Waals surface area contributed by atoms with E-state index in [0.717, 1.165) is 5.57 Å². The van der Waals surface area contributed by atoms with Gasteiger partial charge < -0.3 is 9.64 Å². The molecule has 0 saturated carbocycles. The fraction of sp³-hybridized carbons (Fsp3) is 0.500. The van der Waals surface area contributed by atoms with Crippen molar-refractivity contribution in [2.75, 3.05) is 24.6 Å². The Labute approximate surface area is 160 Å². The van der Waals surface area contributed by atoms with Crippen molar-refractivity contribution in [2.24, 2.45) is 5.92 Å². The van der Waals surface area contributed by atoms with Crippen molar-refractivity contribution in [2.45, 2.75) is 37.9 Å². The number of anilines is 1. The molecule has 1 aliphatic carbocycles. The molecular formula is C20H26FNO4S. The third-order valence-corrected chi connectivity index (χ3v) is 7.20. The second kappa shape index (κ2) is 7.64. The largest absolute Gasteiger partial charge is 0.494 e. The van der Waals surface area contributed by atoms with Gasteiger partial charge in [-0.3, -0.25) is 4.55 Å². The number of piperidine rings is 1. The summed E-state index contributed by atoms with van der Waals surface area (Å²) in [6.45, 7) is 5.32. The van der Waals surface area contributed by atoms with Gasteiger partial charge in [0.1, 0.15) is 16.3 Å². The van der Waals surface area contributed by atoms with Gasteiger partial charge in [-0.2, -0.15) is 8.42 Å². The minimum absolute atomic E-state index is 0.220. The Kier molecular flexibility index (Phi) is 5.63. The van der Waals surface area contributed by atoms with Crippen molar-refractivity contribution in [1.29, 1.82) is 0 Å². The molecule has 3 rings (SSSR count). The van der Waals surface area contributed by atoms with E-state index in [0.29, 0.717) is 44.0 Å². The van der Waals surface area contributed by atoms with Crippen LogP contribution >= 0.6 is 0 Å². The molecule has 0 radical (unpaired) electrons. The Morgan fingerprint density at radius 2 is 2.04 bits per heavy atom. The fourth-order valence-corrected chi connectivity index (χ4v) is 5.22. The topological polar surface area (TPSA) is 66.8 Å². The zero-order chi connectivity index (χ0) is 19.7. The molecule has 1 heterocycles. The summed E-state index contributed by atoms with van der Waals surface area (Å²) in [7, 11) is -4.26. The van der Waals surface area contributed by atoms with Crippen LogP contribution in [0.4, 0.5) is 10.1 Å². The number of hydrogen-bond acceptors (Lipinski definition) is 4. The van der Waals surface area contributed by atoms with Crippen LogP contribution in [-0.4, -0.2) is 37.4 Å². The van der Waals surface area contributed by atoms with E-state index in [-0.39, 0.29) is 18.2 Å². The second-order valence-corrected chi connectivity index (χ2v) is 8.93. The first kappa shape index (κ1) is 19.9. The first-order valence-corrected chi connectivity index (χ1v) is 10.7. The standard InChI is InChI=1S/C20H26FNO4S/c1-3-26-17-4-5-18(21)19(14-17)22-12-8-16(9-13-22)20(27(23,24)25)10-6-15(2)7-11-20/h4-7,10,14,16H,3,8-9,11-13H2,1-2H3,(H,23,24,25). The Morgan fingerprint density at radius 1 is 1.33 bits per heavy atom. The Bertz CT molecular complexity index is 857. The molecule has 1 N–H and O–H groups in total. The highest BCUT2D eigenvalue weighted by Crippen LogP contribution is 2.42. The van der Waals surface area contributed by atoms with Crippen LogP contribution in [0.5, 0.6) is 5.75 Å². The molecule has 1 unspecified atom stereocenters. The van der Waals surface area contributed by atoms with Gasteiger partial charge in [0, 0.05) is 19.2 Å². The summed E-state index contributed by atoms with van der Waals surface area (Å²) in [6, 6.07) is 4.68. The van der Waals surface area contributed by atoms with E-state index in [2.05, 4.69) is 0 Å². The van der Waals surface area contributed by atoms with E-state index in [9.17, 15) is 17.4 Å². The van der Waals surface area contributed by atoms with Crippen molar-refractivity contribution in [3.05, 3.63) is 47.8 Å². The van der Waals surface area contributed by atoms with Gasteiger partial charge in [-0.1, -0.05) is 23.8 Å². The second-order valence-electron chi connectivity index (χ2n) is 7.22. The van der Waals surface area contributed by atoms with Crippen molar-refractivity contribution in [3.8, 4) is 5.75 Å². The molecule has 27 heavy (non-hydrogen) atoms. The summed E-state index contributed by atoms with van der Waals surface area (Å²) in [5.74, 6) is 0.0706. The summed E-state index contributed by atoms with van der Waals surface area (Å²) in [5.41, 5.74) is 1.46. The lowest BCUT2D eigenvalue weighted by atomic mass is 9.79. The smallest absolute Gasteiger partial charge is 0.274 e. The lowest BCUT2D eigenvalue weighted by Gasteiger charge is -2.42. The first-order chi connectivity index (χ1) is 12.8. The summed E-state index contributed by atoms with van der Waals surface area (Å²) >= 11 is 0. The number of halogens is 1. The summed E-state index contributed by atoms with van der Waals surface area (Å²) in [6.07, 6.45) is 6.62. The zero-order valence-electron chi connectivity index (χ0n) is 15.7. The predicted octanol–water partition coefficient (Wildman–Crippen LogP) is 3.97. The maximum absolute atomic E-state index is 14.3. The molecular weight excluding hydrogens is 369 g/mol. The molecule has 1 aliphatic heterocycles. The highest BCUT2D eigenvalue weighted by atomic mass is 32.2. The molecule has 0 bridgehead atoms. The Hall–Kier alpha value is -1.86. The predicted molar refractivity (Wildman–Crippen MR) is 104 cm³/mol. The van der Waals surface area contributed by atoms with E-state index >= 15 is 0 Å². The third kappa shape index (κ3) is 3.89. The molecule has 0 amide bonds. The van der Waals surface area contributed by atoms with Crippen LogP contribution in [0, 0.1) is 11.7 Å². The van der Waals surface area contributed by atoms with Crippen molar-refractivity contribution >= 4 is 15.8 Å². The van der Waals surface area contributed by atoms with E-state index in [1.165, 1.54) is 6.07 Å². The maximum atomic E-state index is 14.3. The van der Waals surface area contributed by atoms with Gasteiger partial charge in [-0.15, -0.1) is 0 Å². The summed E-state index contributed by atoms with van der Waals surface area (Å²) < 4.78 is 52.9. The summed E-state index contributed by atoms with van der Waals surface area (Å²) in [4.78, 5) is 1.92. The quantitative estimate of drug-likeness (QED) is 0.764.